The minimum absolute atomic E-state index is 0.0326. The first-order chi connectivity index (χ1) is 20.4. The van der Waals surface area contributed by atoms with Crippen LogP contribution in [0.25, 0.3) is 22.3 Å². The number of aromatic hydroxyl groups is 3. The second-order valence-corrected chi connectivity index (χ2v) is 10.1. The molecule has 0 saturated carbocycles. The number of aliphatic hydroxyl groups is 7. The Bertz CT molecular complexity index is 1510. The molecule has 2 aliphatic rings. The van der Waals surface area contributed by atoms with Gasteiger partial charge in [0.15, 0.2) is 23.2 Å². The molecule has 2 aliphatic heterocycles. The Morgan fingerprint density at radius 1 is 0.698 bits per heavy atom. The Hall–Kier alpha value is -3.55. The van der Waals surface area contributed by atoms with E-state index in [-0.39, 0.29) is 28.0 Å². The zero-order valence-corrected chi connectivity index (χ0v) is 22.1. The van der Waals surface area contributed by atoms with Crippen molar-refractivity contribution < 1.29 is 74.4 Å². The summed E-state index contributed by atoms with van der Waals surface area (Å²) in [5, 5.41) is 101. The van der Waals surface area contributed by atoms with E-state index in [1.807, 2.05) is 0 Å². The van der Waals surface area contributed by atoms with E-state index in [1.54, 1.807) is 0 Å². The third-order valence-electron chi connectivity index (χ3n) is 7.26. The number of hydrogen-bond acceptors (Lipinski definition) is 16. The van der Waals surface area contributed by atoms with Crippen molar-refractivity contribution in [1.82, 2.24) is 0 Å². The lowest BCUT2D eigenvalue weighted by Gasteiger charge is -2.45. The summed E-state index contributed by atoms with van der Waals surface area (Å²) >= 11 is 0. The number of fused-ring (bicyclic) bond motifs is 1. The van der Waals surface area contributed by atoms with Gasteiger partial charge < -0.3 is 74.4 Å². The molecular weight excluding hydrogens is 580 g/mol. The number of ether oxygens (including phenoxy) is 4. The molecular formula is C27H30O16. The number of phenols is 3. The number of hydrogen-bond donors (Lipinski definition) is 10. The Labute approximate surface area is 241 Å². The monoisotopic (exact) mass is 610 g/mol. The Kier molecular flexibility index (Phi) is 8.77. The third-order valence-corrected chi connectivity index (χ3v) is 7.26. The first-order valence-electron chi connectivity index (χ1n) is 13.0. The first kappa shape index (κ1) is 30.9. The maximum Gasteiger partial charge on any atom is 0.229 e. The molecule has 16 heteroatoms. The lowest BCUT2D eigenvalue weighted by Crippen LogP contribution is -2.65. The molecule has 234 valence electrons. The van der Waals surface area contributed by atoms with Gasteiger partial charge in [-0.3, -0.25) is 4.79 Å². The first-order valence-corrected chi connectivity index (χ1v) is 13.0. The lowest BCUT2D eigenvalue weighted by molar-refractivity contribution is -0.352. The quantitative estimate of drug-likeness (QED) is 0.125. The second-order valence-electron chi connectivity index (χ2n) is 10.1. The highest BCUT2D eigenvalue weighted by Gasteiger charge is 2.51. The number of rotatable bonds is 7. The minimum Gasteiger partial charge on any atom is -0.507 e. The normalized spacial score (nSPS) is 33.0. The van der Waals surface area contributed by atoms with Crippen LogP contribution in [-0.4, -0.2) is 126 Å². The molecule has 0 amide bonds. The predicted octanol–water partition coefficient (Wildman–Crippen LogP) is -2.42. The maximum atomic E-state index is 12.8. The van der Waals surface area contributed by atoms with E-state index < -0.39 is 97.3 Å². The molecule has 10 atom stereocenters. The third kappa shape index (κ3) is 5.85. The summed E-state index contributed by atoms with van der Waals surface area (Å²) < 4.78 is 27.7. The summed E-state index contributed by atoms with van der Waals surface area (Å²) in [5.74, 6) is -1.67. The lowest BCUT2D eigenvalue weighted by atomic mass is 9.97. The highest BCUT2D eigenvalue weighted by atomic mass is 16.7. The van der Waals surface area contributed by atoms with Gasteiger partial charge in [0.1, 0.15) is 77.1 Å². The number of benzene rings is 2. The molecule has 3 heterocycles. The van der Waals surface area contributed by atoms with Crippen molar-refractivity contribution in [2.75, 3.05) is 13.2 Å². The van der Waals surface area contributed by atoms with E-state index in [1.165, 1.54) is 18.2 Å². The van der Waals surface area contributed by atoms with Crippen LogP contribution >= 0.6 is 0 Å². The Balaban J connectivity index is 1.43. The molecule has 2 fully saturated rings. The van der Waals surface area contributed by atoms with Crippen molar-refractivity contribution in [3.63, 3.8) is 0 Å². The van der Waals surface area contributed by atoms with Crippen LogP contribution in [0.3, 0.4) is 0 Å². The molecule has 0 radical (unpaired) electrons. The van der Waals surface area contributed by atoms with Gasteiger partial charge in [0.25, 0.3) is 0 Å². The van der Waals surface area contributed by atoms with Crippen molar-refractivity contribution in [2.45, 2.75) is 61.4 Å². The van der Waals surface area contributed by atoms with Crippen molar-refractivity contribution in [2.24, 2.45) is 0 Å². The van der Waals surface area contributed by atoms with Gasteiger partial charge in [-0.1, -0.05) is 0 Å². The van der Waals surface area contributed by atoms with Gasteiger partial charge in [0.05, 0.1) is 13.2 Å². The van der Waals surface area contributed by atoms with E-state index >= 15 is 0 Å². The largest absolute Gasteiger partial charge is 0.507 e. The van der Waals surface area contributed by atoms with Crippen LogP contribution in [0.5, 0.6) is 23.0 Å². The smallest absolute Gasteiger partial charge is 0.229 e. The van der Waals surface area contributed by atoms with E-state index in [2.05, 4.69) is 0 Å². The van der Waals surface area contributed by atoms with Gasteiger partial charge in [0, 0.05) is 23.8 Å². The Morgan fingerprint density at radius 3 is 2.05 bits per heavy atom. The van der Waals surface area contributed by atoms with Gasteiger partial charge in [-0.2, -0.15) is 0 Å². The topological polar surface area (TPSA) is 269 Å². The SMILES string of the molecule is O=c1cc(-c2ccc(O)c(O)c2)oc2cc(O[C@@H]3O[C@H](CO)[C@@H](O)[C@H](O[C@@H]4O[C@H](CO)[C@@H](O)[C@H](O)[C@H]4O)[C@H]3O)cc(O)c12. The highest BCUT2D eigenvalue weighted by molar-refractivity contribution is 5.86. The standard InChI is InChI=1S/C27H30O16/c28-7-17-20(34)22(36)23(37)26(41-17)43-25-21(35)18(8-29)42-27(24(25)38)39-10-4-13(32)19-14(33)6-15(40-16(19)5-10)9-1-2-11(30)12(31)3-9/h1-6,17-18,20-32,34-38H,7-8H2/t17-,18-,20-,21-,22+,23-,24-,25+,26+,27-/m1/s1. The summed E-state index contributed by atoms with van der Waals surface area (Å²) in [7, 11) is 0. The summed E-state index contributed by atoms with van der Waals surface area (Å²) in [6.45, 7) is -1.55. The molecule has 10 N–H and O–H groups in total. The number of phenolic OH excluding ortho intramolecular Hbond substituents is 3. The molecule has 1 aromatic heterocycles. The Morgan fingerprint density at radius 2 is 1.37 bits per heavy atom. The fourth-order valence-electron chi connectivity index (χ4n) is 4.91. The minimum atomic E-state index is -1.86. The van der Waals surface area contributed by atoms with Crippen molar-refractivity contribution in [3.05, 3.63) is 46.6 Å². The van der Waals surface area contributed by atoms with Crippen molar-refractivity contribution in [1.29, 1.82) is 0 Å². The molecule has 0 spiro atoms. The van der Waals surface area contributed by atoms with Crippen LogP contribution in [-0.2, 0) is 14.2 Å². The van der Waals surface area contributed by atoms with Crippen LogP contribution in [0.1, 0.15) is 0 Å². The molecule has 16 nitrogen and oxygen atoms in total. The molecule has 43 heavy (non-hydrogen) atoms. The van der Waals surface area contributed by atoms with E-state index in [4.69, 9.17) is 23.4 Å². The van der Waals surface area contributed by atoms with Gasteiger partial charge >= 0.3 is 0 Å². The summed E-state index contributed by atoms with van der Waals surface area (Å²) in [5.41, 5.74) is -0.611. The summed E-state index contributed by atoms with van der Waals surface area (Å²) in [6.07, 6.45) is -16.8. The van der Waals surface area contributed by atoms with E-state index in [9.17, 15) is 55.9 Å². The van der Waals surface area contributed by atoms with Gasteiger partial charge in [-0.25, -0.2) is 0 Å². The average Bonchev–Trinajstić information content (AvgIpc) is 2.97. The fourth-order valence-corrected chi connectivity index (χ4v) is 4.91. The molecule has 0 aliphatic carbocycles. The summed E-state index contributed by atoms with van der Waals surface area (Å²) in [6, 6.07) is 6.98. The summed E-state index contributed by atoms with van der Waals surface area (Å²) in [4.78, 5) is 12.8. The molecule has 0 bridgehead atoms. The second kappa shape index (κ2) is 12.2. The molecule has 3 aromatic rings. The molecule has 0 unspecified atom stereocenters. The van der Waals surface area contributed by atoms with Crippen LogP contribution in [0.15, 0.2) is 45.6 Å². The van der Waals surface area contributed by atoms with Crippen LogP contribution in [0, 0.1) is 0 Å². The molecule has 2 saturated heterocycles. The van der Waals surface area contributed by atoms with Crippen molar-refractivity contribution >= 4 is 11.0 Å². The van der Waals surface area contributed by atoms with Crippen LogP contribution in [0.2, 0.25) is 0 Å². The van der Waals surface area contributed by atoms with Crippen molar-refractivity contribution in [3.8, 4) is 34.3 Å². The van der Waals surface area contributed by atoms with Gasteiger partial charge in [0.2, 0.25) is 6.29 Å². The highest BCUT2D eigenvalue weighted by Crippen LogP contribution is 2.36. The average molecular weight is 611 g/mol. The maximum absolute atomic E-state index is 12.8. The van der Waals surface area contributed by atoms with Gasteiger partial charge in [-0.15, -0.1) is 0 Å². The number of aliphatic hydroxyl groups excluding tert-OH is 7. The van der Waals surface area contributed by atoms with E-state index in [0.29, 0.717) is 0 Å². The van der Waals surface area contributed by atoms with Gasteiger partial charge in [-0.05, 0) is 18.2 Å². The zero-order chi connectivity index (χ0) is 31.2. The zero-order valence-electron chi connectivity index (χ0n) is 22.1. The van der Waals surface area contributed by atoms with Crippen LogP contribution in [0.4, 0.5) is 0 Å². The van der Waals surface area contributed by atoms with E-state index in [0.717, 1.165) is 18.2 Å². The molecule has 2 aromatic carbocycles. The fraction of sp³-hybridized carbons (Fsp3) is 0.444. The predicted molar refractivity (Wildman–Crippen MR) is 140 cm³/mol. The molecule has 5 rings (SSSR count). The van der Waals surface area contributed by atoms with Crippen LogP contribution < -0.4 is 10.2 Å².